The third-order valence-corrected chi connectivity index (χ3v) is 7.48. The number of thiophene rings is 1. The molecule has 0 spiro atoms. The van der Waals surface area contributed by atoms with Crippen LogP contribution in [0.2, 0.25) is 0 Å². The van der Waals surface area contributed by atoms with Crippen molar-refractivity contribution in [2.75, 3.05) is 7.05 Å². The molecule has 2 atom stereocenters. The van der Waals surface area contributed by atoms with Gasteiger partial charge < -0.3 is 4.98 Å². The quantitative estimate of drug-likeness (QED) is 0.504. The van der Waals surface area contributed by atoms with Crippen LogP contribution in [0, 0.1) is 5.92 Å². The fraction of sp³-hybridized carbons (Fsp3) is 0.375. The van der Waals surface area contributed by atoms with Crippen LogP contribution in [0.15, 0.2) is 47.5 Å². The fourth-order valence-corrected chi connectivity index (χ4v) is 5.75. The predicted molar refractivity (Wildman–Crippen MR) is 125 cm³/mol. The molecule has 0 fully saturated rings. The second-order valence-corrected chi connectivity index (χ2v) is 9.79. The summed E-state index contributed by atoms with van der Waals surface area (Å²) in [6, 6.07) is 10.1. The molecule has 1 N–H and O–H groups in total. The normalized spacial score (nSPS) is 17.2. The van der Waals surface area contributed by atoms with E-state index in [1.807, 2.05) is 47.4 Å². The minimum atomic E-state index is -0.0183. The third-order valence-electron chi connectivity index (χ3n) is 6.33. The first-order valence-corrected chi connectivity index (χ1v) is 11.6. The Morgan fingerprint density at radius 2 is 2.13 bits per heavy atom. The monoisotopic (exact) mass is 433 g/mol. The first-order chi connectivity index (χ1) is 15.0. The third kappa shape index (κ3) is 3.83. The van der Waals surface area contributed by atoms with Crippen molar-refractivity contribution in [3.63, 3.8) is 0 Å². The highest BCUT2D eigenvalue weighted by Gasteiger charge is 2.24. The minimum Gasteiger partial charge on any atom is -0.309 e. The van der Waals surface area contributed by atoms with Crippen LogP contribution >= 0.6 is 11.3 Å². The van der Waals surface area contributed by atoms with Crippen LogP contribution in [0.25, 0.3) is 15.9 Å². The van der Waals surface area contributed by atoms with Crippen molar-refractivity contribution in [1.29, 1.82) is 0 Å². The minimum absolute atomic E-state index is 0.00389. The zero-order valence-corrected chi connectivity index (χ0v) is 18.9. The van der Waals surface area contributed by atoms with E-state index in [2.05, 4.69) is 35.9 Å². The Kier molecular flexibility index (Phi) is 5.24. The van der Waals surface area contributed by atoms with E-state index in [4.69, 9.17) is 4.98 Å². The highest BCUT2D eigenvalue weighted by atomic mass is 32.1. The van der Waals surface area contributed by atoms with E-state index in [1.54, 1.807) is 11.3 Å². The van der Waals surface area contributed by atoms with E-state index in [1.165, 1.54) is 10.4 Å². The van der Waals surface area contributed by atoms with Gasteiger partial charge in [-0.3, -0.25) is 9.69 Å². The molecule has 6 nitrogen and oxygen atoms in total. The zero-order valence-electron chi connectivity index (χ0n) is 18.1. The number of hydrogen-bond acceptors (Lipinski definition) is 5. The summed E-state index contributed by atoms with van der Waals surface area (Å²) in [6.45, 7) is 5.09. The van der Waals surface area contributed by atoms with Gasteiger partial charge in [-0.05, 0) is 56.8 Å². The summed E-state index contributed by atoms with van der Waals surface area (Å²) < 4.78 is 1.89. The summed E-state index contributed by atoms with van der Waals surface area (Å²) in [6.07, 6.45) is 7.14. The molecule has 0 amide bonds. The van der Waals surface area contributed by atoms with Crippen molar-refractivity contribution >= 4 is 21.6 Å². The topological polar surface area (TPSA) is 66.8 Å². The summed E-state index contributed by atoms with van der Waals surface area (Å²) in [7, 11) is 2.05. The number of nitrogens with one attached hydrogen (secondary N) is 1. The van der Waals surface area contributed by atoms with Gasteiger partial charge in [-0.25, -0.2) is 9.67 Å². The van der Waals surface area contributed by atoms with Crippen molar-refractivity contribution in [2.24, 2.45) is 5.92 Å². The molecule has 0 saturated carbocycles. The average molecular weight is 434 g/mol. The fourth-order valence-electron chi connectivity index (χ4n) is 4.36. The molecule has 4 aromatic rings. The Balaban J connectivity index is 1.38. The SMILES string of the molecule is CC1CCc2c(sc3nc(C(C)N(C)Cc4cnn(-c5ccccc5)c4)[nH]c(=O)c23)C1. The molecule has 0 bridgehead atoms. The number of H-pyrrole nitrogens is 1. The number of rotatable bonds is 5. The summed E-state index contributed by atoms with van der Waals surface area (Å²) in [5.74, 6) is 1.41. The second kappa shape index (κ2) is 8.05. The number of aromatic amines is 1. The number of hydrogen-bond donors (Lipinski definition) is 1. The second-order valence-electron chi connectivity index (χ2n) is 8.70. The van der Waals surface area contributed by atoms with Gasteiger partial charge in [-0.2, -0.15) is 5.10 Å². The molecule has 0 radical (unpaired) electrons. The van der Waals surface area contributed by atoms with Crippen LogP contribution < -0.4 is 5.56 Å². The Morgan fingerprint density at radius 3 is 2.94 bits per heavy atom. The van der Waals surface area contributed by atoms with Crippen molar-refractivity contribution in [2.45, 2.75) is 45.7 Å². The van der Waals surface area contributed by atoms with Gasteiger partial charge in [-0.15, -0.1) is 11.3 Å². The molecule has 160 valence electrons. The van der Waals surface area contributed by atoms with Crippen LogP contribution in [0.1, 0.15) is 48.1 Å². The molecule has 3 heterocycles. The first kappa shape index (κ1) is 20.2. The van der Waals surface area contributed by atoms with Crippen LogP contribution in [0.5, 0.6) is 0 Å². The van der Waals surface area contributed by atoms with Gasteiger partial charge in [0.15, 0.2) is 0 Å². The predicted octanol–water partition coefficient (Wildman–Crippen LogP) is 4.49. The lowest BCUT2D eigenvalue weighted by atomic mass is 9.89. The maximum atomic E-state index is 12.9. The smallest absolute Gasteiger partial charge is 0.259 e. The zero-order chi connectivity index (χ0) is 21.5. The Labute approximate surface area is 185 Å². The van der Waals surface area contributed by atoms with Crippen LogP contribution in [-0.2, 0) is 19.4 Å². The van der Waals surface area contributed by atoms with E-state index < -0.39 is 0 Å². The summed E-state index contributed by atoms with van der Waals surface area (Å²) in [5, 5.41) is 5.30. The molecule has 7 heteroatoms. The summed E-state index contributed by atoms with van der Waals surface area (Å²) in [5.41, 5.74) is 3.39. The van der Waals surface area contributed by atoms with E-state index in [0.717, 1.165) is 46.6 Å². The maximum absolute atomic E-state index is 12.9. The number of aryl methyl sites for hydroxylation is 1. The van der Waals surface area contributed by atoms with Crippen molar-refractivity contribution in [1.82, 2.24) is 24.6 Å². The van der Waals surface area contributed by atoms with Gasteiger partial charge in [0.05, 0.1) is 23.3 Å². The van der Waals surface area contributed by atoms with Gasteiger partial charge >= 0.3 is 0 Å². The van der Waals surface area contributed by atoms with Gasteiger partial charge in [0, 0.05) is 23.2 Å². The largest absolute Gasteiger partial charge is 0.309 e. The summed E-state index contributed by atoms with van der Waals surface area (Å²) in [4.78, 5) is 25.3. The van der Waals surface area contributed by atoms with E-state index in [-0.39, 0.29) is 11.6 Å². The van der Waals surface area contributed by atoms with Gasteiger partial charge in [0.1, 0.15) is 10.7 Å². The molecule has 0 aliphatic heterocycles. The lowest BCUT2D eigenvalue weighted by molar-refractivity contribution is 0.244. The standard InChI is InChI=1S/C24H27N5OS/c1-15-9-10-19-20(11-15)31-24-21(19)23(30)26-22(27-24)16(2)28(3)13-17-12-25-29(14-17)18-7-5-4-6-8-18/h4-8,12,14-16H,9-11,13H2,1-3H3,(H,26,27,30). The molecular weight excluding hydrogens is 406 g/mol. The van der Waals surface area contributed by atoms with Crippen LogP contribution in [0.3, 0.4) is 0 Å². The molecule has 0 saturated heterocycles. The van der Waals surface area contributed by atoms with Gasteiger partial charge in [0.25, 0.3) is 5.56 Å². The number of aromatic nitrogens is 4. The Morgan fingerprint density at radius 1 is 1.32 bits per heavy atom. The number of fused-ring (bicyclic) bond motifs is 3. The molecule has 5 rings (SSSR count). The van der Waals surface area contributed by atoms with Gasteiger partial charge in [0.2, 0.25) is 0 Å². The number of benzene rings is 1. The average Bonchev–Trinajstić information content (AvgIpc) is 3.37. The van der Waals surface area contributed by atoms with Crippen LogP contribution in [-0.4, -0.2) is 31.7 Å². The Bertz CT molecular complexity index is 1270. The molecule has 1 aliphatic carbocycles. The molecule has 31 heavy (non-hydrogen) atoms. The molecule has 1 aliphatic rings. The molecule has 3 aromatic heterocycles. The highest BCUT2D eigenvalue weighted by Crippen LogP contribution is 2.36. The molecular formula is C24H27N5OS. The van der Waals surface area contributed by atoms with E-state index in [9.17, 15) is 4.79 Å². The van der Waals surface area contributed by atoms with Crippen molar-refractivity contribution in [3.8, 4) is 5.69 Å². The van der Waals surface area contributed by atoms with Gasteiger partial charge in [-0.1, -0.05) is 25.1 Å². The maximum Gasteiger partial charge on any atom is 0.259 e. The van der Waals surface area contributed by atoms with E-state index in [0.29, 0.717) is 12.5 Å². The van der Waals surface area contributed by atoms with Crippen molar-refractivity contribution < 1.29 is 0 Å². The number of para-hydroxylation sites is 1. The highest BCUT2D eigenvalue weighted by molar-refractivity contribution is 7.18. The molecule has 1 aromatic carbocycles. The van der Waals surface area contributed by atoms with Crippen LogP contribution in [0.4, 0.5) is 0 Å². The number of nitrogens with zero attached hydrogens (tertiary/aromatic N) is 4. The van der Waals surface area contributed by atoms with Crippen molar-refractivity contribution in [3.05, 3.63) is 74.9 Å². The Hall–Kier alpha value is -2.77. The first-order valence-electron chi connectivity index (χ1n) is 10.8. The lowest BCUT2D eigenvalue weighted by Crippen LogP contribution is -2.25. The lowest BCUT2D eigenvalue weighted by Gasteiger charge is -2.23. The van der Waals surface area contributed by atoms with E-state index >= 15 is 0 Å². The molecule has 2 unspecified atom stereocenters. The summed E-state index contributed by atoms with van der Waals surface area (Å²) >= 11 is 1.70.